The molecule has 4 nitrogen and oxygen atoms in total. The molecule has 0 amide bonds. The highest BCUT2D eigenvalue weighted by atomic mass is 15.4. The van der Waals surface area contributed by atoms with Gasteiger partial charge in [-0.2, -0.15) is 0 Å². The molecule has 0 bridgehead atoms. The SMILES string of the molecule is C=N/C=C\N(N)C1CCNCC1. The van der Waals surface area contributed by atoms with Crippen molar-refractivity contribution in [3.63, 3.8) is 0 Å². The molecule has 1 saturated heterocycles. The Morgan fingerprint density at radius 3 is 2.75 bits per heavy atom. The standard InChI is InChI=1S/C8H16N4/c1-10-6-7-12(9)8-2-4-11-5-3-8/h6-8,11H,1-5,9H2/b7-6-. The molecule has 12 heavy (non-hydrogen) atoms. The van der Waals surface area contributed by atoms with E-state index < -0.39 is 0 Å². The Labute approximate surface area is 73.1 Å². The third-order valence-corrected chi connectivity index (χ3v) is 2.07. The van der Waals surface area contributed by atoms with Crippen LogP contribution < -0.4 is 11.2 Å². The average molecular weight is 168 g/mol. The van der Waals surface area contributed by atoms with E-state index >= 15 is 0 Å². The van der Waals surface area contributed by atoms with Crippen LogP contribution in [0.1, 0.15) is 12.8 Å². The fraction of sp³-hybridized carbons (Fsp3) is 0.625. The molecule has 0 aromatic heterocycles. The van der Waals surface area contributed by atoms with Gasteiger partial charge in [0, 0.05) is 18.4 Å². The van der Waals surface area contributed by atoms with Gasteiger partial charge in [0.1, 0.15) is 0 Å². The van der Waals surface area contributed by atoms with Crippen LogP contribution in [0.4, 0.5) is 0 Å². The average Bonchev–Trinajstić information content (AvgIpc) is 2.15. The van der Waals surface area contributed by atoms with Crippen LogP contribution in [0.15, 0.2) is 17.4 Å². The van der Waals surface area contributed by atoms with Crippen LogP contribution in [0.3, 0.4) is 0 Å². The minimum atomic E-state index is 0.448. The lowest BCUT2D eigenvalue weighted by atomic mass is 10.1. The minimum Gasteiger partial charge on any atom is -0.317 e. The molecule has 4 heteroatoms. The molecule has 0 aliphatic carbocycles. The summed E-state index contributed by atoms with van der Waals surface area (Å²) in [7, 11) is 0. The lowest BCUT2D eigenvalue weighted by Gasteiger charge is -2.29. The van der Waals surface area contributed by atoms with Crippen molar-refractivity contribution in [2.75, 3.05) is 13.1 Å². The molecule has 1 aliphatic heterocycles. The quantitative estimate of drug-likeness (QED) is 0.356. The van der Waals surface area contributed by atoms with Crippen molar-refractivity contribution in [3.8, 4) is 0 Å². The number of hydrazine groups is 1. The molecule has 1 heterocycles. The number of hydrogen-bond donors (Lipinski definition) is 2. The molecule has 1 fully saturated rings. The fourth-order valence-electron chi connectivity index (χ4n) is 1.35. The Morgan fingerprint density at radius 1 is 1.50 bits per heavy atom. The molecule has 3 N–H and O–H groups in total. The lowest BCUT2D eigenvalue weighted by Crippen LogP contribution is -2.43. The van der Waals surface area contributed by atoms with Crippen LogP contribution in [0.25, 0.3) is 0 Å². The second-order valence-electron chi connectivity index (χ2n) is 2.91. The van der Waals surface area contributed by atoms with Gasteiger partial charge in [-0.1, -0.05) is 0 Å². The molecule has 0 saturated carbocycles. The zero-order valence-corrected chi connectivity index (χ0v) is 7.24. The Morgan fingerprint density at radius 2 is 2.17 bits per heavy atom. The summed E-state index contributed by atoms with van der Waals surface area (Å²) >= 11 is 0. The monoisotopic (exact) mass is 168 g/mol. The molecule has 0 unspecified atom stereocenters. The van der Waals surface area contributed by atoms with Crippen LogP contribution in [-0.2, 0) is 0 Å². The van der Waals surface area contributed by atoms with Gasteiger partial charge in [0.15, 0.2) is 0 Å². The van der Waals surface area contributed by atoms with E-state index in [0.29, 0.717) is 6.04 Å². The van der Waals surface area contributed by atoms with Crippen molar-refractivity contribution in [2.24, 2.45) is 10.8 Å². The van der Waals surface area contributed by atoms with Crippen LogP contribution >= 0.6 is 0 Å². The van der Waals surface area contributed by atoms with Gasteiger partial charge in [0.2, 0.25) is 0 Å². The van der Waals surface area contributed by atoms with Crippen LogP contribution in [0.2, 0.25) is 0 Å². The summed E-state index contributed by atoms with van der Waals surface area (Å²) in [5.74, 6) is 5.77. The maximum absolute atomic E-state index is 5.77. The Bertz CT molecular complexity index is 160. The number of nitrogens with two attached hydrogens (primary N) is 1. The second kappa shape index (κ2) is 4.90. The summed E-state index contributed by atoms with van der Waals surface area (Å²) in [5.41, 5.74) is 0. The lowest BCUT2D eigenvalue weighted by molar-refractivity contribution is 0.230. The number of nitrogens with one attached hydrogen (secondary N) is 1. The maximum Gasteiger partial charge on any atom is 0.0470 e. The van der Waals surface area contributed by atoms with E-state index in [1.807, 2.05) is 0 Å². The first-order chi connectivity index (χ1) is 5.84. The zero-order chi connectivity index (χ0) is 8.81. The summed E-state index contributed by atoms with van der Waals surface area (Å²) < 4.78 is 0. The second-order valence-corrected chi connectivity index (χ2v) is 2.91. The first-order valence-corrected chi connectivity index (χ1v) is 4.21. The number of piperidine rings is 1. The normalized spacial score (nSPS) is 19.8. The molecule has 1 aliphatic rings. The largest absolute Gasteiger partial charge is 0.317 e. The van der Waals surface area contributed by atoms with Crippen molar-refractivity contribution in [2.45, 2.75) is 18.9 Å². The molecular formula is C8H16N4. The number of nitrogens with zero attached hydrogens (tertiary/aromatic N) is 2. The number of rotatable bonds is 3. The fourth-order valence-corrected chi connectivity index (χ4v) is 1.35. The highest BCUT2D eigenvalue weighted by Gasteiger charge is 2.15. The van der Waals surface area contributed by atoms with E-state index in [9.17, 15) is 0 Å². The molecule has 68 valence electrons. The van der Waals surface area contributed by atoms with Crippen molar-refractivity contribution >= 4 is 6.72 Å². The van der Waals surface area contributed by atoms with Gasteiger partial charge >= 0.3 is 0 Å². The first-order valence-electron chi connectivity index (χ1n) is 4.21. The van der Waals surface area contributed by atoms with Crippen molar-refractivity contribution in [3.05, 3.63) is 12.4 Å². The van der Waals surface area contributed by atoms with Gasteiger partial charge in [-0.25, -0.2) is 5.84 Å². The van der Waals surface area contributed by atoms with E-state index in [2.05, 4.69) is 17.0 Å². The maximum atomic E-state index is 5.77. The van der Waals surface area contributed by atoms with E-state index in [0.717, 1.165) is 25.9 Å². The Kier molecular flexibility index (Phi) is 3.76. The van der Waals surface area contributed by atoms with Crippen LogP contribution in [0, 0.1) is 0 Å². The topological polar surface area (TPSA) is 53.6 Å². The third kappa shape index (κ3) is 2.64. The van der Waals surface area contributed by atoms with E-state index in [1.165, 1.54) is 0 Å². The summed E-state index contributed by atoms with van der Waals surface area (Å²) in [6, 6.07) is 0.448. The predicted molar refractivity (Wildman–Crippen MR) is 50.6 cm³/mol. The van der Waals surface area contributed by atoms with Gasteiger partial charge in [0.05, 0.1) is 0 Å². The van der Waals surface area contributed by atoms with Crippen LogP contribution in [0.5, 0.6) is 0 Å². The summed E-state index contributed by atoms with van der Waals surface area (Å²) in [6.45, 7) is 5.45. The first kappa shape index (κ1) is 9.22. The summed E-state index contributed by atoms with van der Waals surface area (Å²) in [6.07, 6.45) is 5.57. The van der Waals surface area contributed by atoms with Gasteiger partial charge in [-0.3, -0.25) is 4.99 Å². The zero-order valence-electron chi connectivity index (χ0n) is 7.24. The highest BCUT2D eigenvalue weighted by Crippen LogP contribution is 2.07. The molecule has 1 rings (SSSR count). The van der Waals surface area contributed by atoms with Gasteiger partial charge in [0.25, 0.3) is 0 Å². The summed E-state index contributed by atoms with van der Waals surface area (Å²) in [5, 5.41) is 5.00. The molecular weight excluding hydrogens is 152 g/mol. The van der Waals surface area contributed by atoms with Gasteiger partial charge in [-0.05, 0) is 32.6 Å². The number of aliphatic imine (C=N–C) groups is 1. The molecule has 0 atom stereocenters. The van der Waals surface area contributed by atoms with Crippen molar-refractivity contribution in [1.29, 1.82) is 0 Å². The molecule has 0 radical (unpaired) electrons. The van der Waals surface area contributed by atoms with Crippen LogP contribution in [-0.4, -0.2) is 30.9 Å². The highest BCUT2D eigenvalue weighted by molar-refractivity contribution is 5.25. The van der Waals surface area contributed by atoms with E-state index in [1.54, 1.807) is 17.4 Å². The van der Waals surface area contributed by atoms with Gasteiger partial charge in [-0.15, -0.1) is 0 Å². The van der Waals surface area contributed by atoms with Gasteiger partial charge < -0.3 is 10.3 Å². The Balaban J connectivity index is 2.33. The van der Waals surface area contributed by atoms with Crippen molar-refractivity contribution in [1.82, 2.24) is 10.3 Å². The molecule has 0 aromatic rings. The molecule has 0 aromatic carbocycles. The minimum absolute atomic E-state index is 0.448. The summed E-state index contributed by atoms with van der Waals surface area (Å²) in [4.78, 5) is 3.60. The third-order valence-electron chi connectivity index (χ3n) is 2.07. The van der Waals surface area contributed by atoms with E-state index in [4.69, 9.17) is 5.84 Å². The Hall–Kier alpha value is -0.870. The van der Waals surface area contributed by atoms with Crippen molar-refractivity contribution < 1.29 is 0 Å². The number of hydrogen-bond acceptors (Lipinski definition) is 4. The smallest absolute Gasteiger partial charge is 0.0470 e. The van der Waals surface area contributed by atoms with E-state index in [-0.39, 0.29) is 0 Å². The predicted octanol–water partition coefficient (Wildman–Crippen LogP) is 0.0859. The molecule has 0 spiro atoms.